The summed E-state index contributed by atoms with van der Waals surface area (Å²) < 4.78 is 55.7. The van der Waals surface area contributed by atoms with Crippen LogP contribution in [-0.4, -0.2) is 38.3 Å². The highest BCUT2D eigenvalue weighted by Gasteiger charge is 2.35. The zero-order chi connectivity index (χ0) is 23.6. The number of alkyl halides is 3. The van der Waals surface area contributed by atoms with Crippen LogP contribution in [0.2, 0.25) is 0 Å². The number of nitrogens with zero attached hydrogens (tertiary/aromatic N) is 4. The first-order valence-corrected chi connectivity index (χ1v) is 9.36. The number of halogens is 3. The fourth-order valence-electron chi connectivity index (χ4n) is 3.04. The van der Waals surface area contributed by atoms with Crippen molar-refractivity contribution in [3.05, 3.63) is 65.9 Å². The fraction of sp³-hybridized carbons (Fsp3) is 0.143. The Kier molecular flexibility index (Phi) is 5.73. The number of rotatable bonds is 6. The van der Waals surface area contributed by atoms with Gasteiger partial charge in [-0.15, -0.1) is 5.10 Å². The summed E-state index contributed by atoms with van der Waals surface area (Å²) in [6, 6.07) is 11.9. The average molecular weight is 460 g/mol. The largest absolute Gasteiger partial charge is 0.512 e. The Morgan fingerprint density at radius 3 is 2.52 bits per heavy atom. The van der Waals surface area contributed by atoms with E-state index in [0.717, 1.165) is 18.7 Å². The monoisotopic (exact) mass is 460 g/mol. The Bertz CT molecular complexity index is 1280. The summed E-state index contributed by atoms with van der Waals surface area (Å²) in [5.41, 5.74) is 0.602. The second-order valence-electron chi connectivity index (χ2n) is 6.75. The van der Waals surface area contributed by atoms with Gasteiger partial charge in [-0.1, -0.05) is 29.4 Å². The van der Waals surface area contributed by atoms with Crippen LogP contribution in [-0.2, 0) is 12.7 Å². The van der Waals surface area contributed by atoms with Gasteiger partial charge in [0, 0.05) is 23.4 Å². The average Bonchev–Trinajstić information content (AvgIpc) is 3.43. The van der Waals surface area contributed by atoms with E-state index in [2.05, 4.69) is 20.0 Å². The molecule has 0 aliphatic heterocycles. The number of carboxylic acid groups (broad SMARTS) is 1. The molecule has 2 heterocycles. The van der Waals surface area contributed by atoms with Crippen LogP contribution in [0.4, 0.5) is 18.0 Å². The first-order valence-electron chi connectivity index (χ1n) is 9.36. The van der Waals surface area contributed by atoms with Gasteiger partial charge in [0.15, 0.2) is 0 Å². The van der Waals surface area contributed by atoms with Crippen LogP contribution >= 0.6 is 0 Å². The molecule has 170 valence electrons. The molecule has 0 radical (unpaired) electrons. The lowest BCUT2D eigenvalue weighted by atomic mass is 10.1. The highest BCUT2D eigenvalue weighted by molar-refractivity contribution is 5.62. The van der Waals surface area contributed by atoms with Gasteiger partial charge in [-0.05, 0) is 23.8 Å². The minimum atomic E-state index is -4.60. The maximum atomic E-state index is 13.3. The predicted octanol–water partition coefficient (Wildman–Crippen LogP) is 4.73. The fourth-order valence-corrected chi connectivity index (χ4v) is 3.04. The SMILES string of the molecule is COc1ccc(-c2nc(-c3ccc(Cn4ccc(OC(=O)O)n4)cc3)no2)cc1C(F)(F)F. The molecule has 0 spiro atoms. The summed E-state index contributed by atoms with van der Waals surface area (Å²) in [7, 11) is 1.16. The van der Waals surface area contributed by atoms with Crippen molar-refractivity contribution in [1.82, 2.24) is 19.9 Å². The van der Waals surface area contributed by atoms with E-state index in [1.54, 1.807) is 30.5 Å². The van der Waals surface area contributed by atoms with Crippen molar-refractivity contribution in [3.8, 4) is 34.5 Å². The van der Waals surface area contributed by atoms with Crippen molar-refractivity contribution in [3.63, 3.8) is 0 Å². The first kappa shape index (κ1) is 21.9. The van der Waals surface area contributed by atoms with E-state index in [9.17, 15) is 18.0 Å². The lowest BCUT2D eigenvalue weighted by Crippen LogP contribution is -2.07. The lowest BCUT2D eigenvalue weighted by Gasteiger charge is -2.12. The summed E-state index contributed by atoms with van der Waals surface area (Å²) in [5.74, 6) is -0.201. The van der Waals surface area contributed by atoms with Crippen LogP contribution in [0.15, 0.2) is 59.3 Å². The topological polar surface area (TPSA) is 112 Å². The third-order valence-corrected chi connectivity index (χ3v) is 4.54. The number of hydrogen-bond donors (Lipinski definition) is 1. The van der Waals surface area contributed by atoms with Crippen LogP contribution < -0.4 is 9.47 Å². The van der Waals surface area contributed by atoms with Crippen LogP contribution in [0.25, 0.3) is 22.8 Å². The van der Waals surface area contributed by atoms with Gasteiger partial charge in [0.1, 0.15) is 5.75 Å². The molecule has 0 saturated carbocycles. The molecule has 33 heavy (non-hydrogen) atoms. The van der Waals surface area contributed by atoms with Gasteiger partial charge in [0.25, 0.3) is 5.89 Å². The molecular weight excluding hydrogens is 445 g/mol. The van der Waals surface area contributed by atoms with E-state index in [1.165, 1.54) is 22.9 Å². The summed E-state index contributed by atoms with van der Waals surface area (Å²) in [6.45, 7) is 0.354. The summed E-state index contributed by atoms with van der Waals surface area (Å²) in [6.07, 6.45) is -4.48. The molecule has 4 rings (SSSR count). The van der Waals surface area contributed by atoms with E-state index in [1.807, 2.05) is 0 Å². The van der Waals surface area contributed by atoms with E-state index >= 15 is 0 Å². The second-order valence-corrected chi connectivity index (χ2v) is 6.75. The highest BCUT2D eigenvalue weighted by Crippen LogP contribution is 2.38. The molecule has 0 aliphatic rings. The Morgan fingerprint density at radius 2 is 1.85 bits per heavy atom. The molecule has 9 nitrogen and oxygen atoms in total. The van der Waals surface area contributed by atoms with Gasteiger partial charge >= 0.3 is 12.3 Å². The van der Waals surface area contributed by atoms with Gasteiger partial charge in [0.05, 0.1) is 19.2 Å². The molecule has 0 amide bonds. The molecular formula is C21H15F3N4O5. The van der Waals surface area contributed by atoms with Crippen LogP contribution in [0, 0.1) is 0 Å². The normalized spacial score (nSPS) is 11.4. The van der Waals surface area contributed by atoms with Crippen molar-refractivity contribution in [2.75, 3.05) is 7.11 Å². The molecule has 0 atom stereocenters. The highest BCUT2D eigenvalue weighted by atomic mass is 19.4. The molecule has 0 saturated heterocycles. The second kappa shape index (κ2) is 8.65. The predicted molar refractivity (Wildman–Crippen MR) is 107 cm³/mol. The lowest BCUT2D eigenvalue weighted by molar-refractivity contribution is -0.138. The number of carbonyl (C=O) groups is 1. The molecule has 2 aromatic heterocycles. The summed E-state index contributed by atoms with van der Waals surface area (Å²) in [5, 5.41) is 16.4. The van der Waals surface area contributed by atoms with Crippen molar-refractivity contribution < 1.29 is 37.1 Å². The molecule has 0 fully saturated rings. The smallest absolute Gasteiger partial charge is 0.496 e. The number of ether oxygens (including phenoxy) is 2. The van der Waals surface area contributed by atoms with Gasteiger partial charge in [0.2, 0.25) is 11.7 Å². The third kappa shape index (κ3) is 4.95. The van der Waals surface area contributed by atoms with E-state index in [4.69, 9.17) is 14.4 Å². The van der Waals surface area contributed by atoms with E-state index in [-0.39, 0.29) is 28.9 Å². The molecule has 12 heteroatoms. The third-order valence-electron chi connectivity index (χ3n) is 4.54. The number of benzene rings is 2. The van der Waals surface area contributed by atoms with Gasteiger partial charge in [-0.25, -0.2) is 4.79 Å². The molecule has 0 aliphatic carbocycles. The molecule has 0 bridgehead atoms. The standard InChI is InChI=1S/C21H15F3N4O5/c1-31-16-7-6-14(10-15(16)21(22,23)24)19-25-18(27-33-19)13-4-2-12(3-5-13)11-28-9-8-17(26-28)32-20(29)30/h2-10H,11H2,1H3,(H,29,30). The molecule has 4 aromatic rings. The van der Waals surface area contributed by atoms with Gasteiger partial charge in [-0.2, -0.15) is 18.2 Å². The van der Waals surface area contributed by atoms with Crippen molar-refractivity contribution >= 4 is 6.16 Å². The Balaban J connectivity index is 1.51. The molecule has 0 unspecified atom stereocenters. The Morgan fingerprint density at radius 1 is 1.12 bits per heavy atom. The van der Waals surface area contributed by atoms with E-state index < -0.39 is 17.9 Å². The van der Waals surface area contributed by atoms with Crippen LogP contribution in [0.5, 0.6) is 11.6 Å². The first-order chi connectivity index (χ1) is 15.7. The number of aromatic nitrogens is 4. The summed E-state index contributed by atoms with van der Waals surface area (Å²) >= 11 is 0. The van der Waals surface area contributed by atoms with Crippen molar-refractivity contribution in [2.45, 2.75) is 12.7 Å². The van der Waals surface area contributed by atoms with Crippen molar-refractivity contribution in [1.29, 1.82) is 0 Å². The van der Waals surface area contributed by atoms with Gasteiger partial charge in [-0.3, -0.25) is 4.68 Å². The molecule has 2 aromatic carbocycles. The maximum absolute atomic E-state index is 13.3. The van der Waals surface area contributed by atoms with Crippen molar-refractivity contribution in [2.24, 2.45) is 0 Å². The number of hydrogen-bond acceptors (Lipinski definition) is 7. The minimum absolute atomic E-state index is 0.0364. The maximum Gasteiger partial charge on any atom is 0.512 e. The van der Waals surface area contributed by atoms with E-state index in [0.29, 0.717) is 12.1 Å². The molecule has 1 N–H and O–H groups in total. The summed E-state index contributed by atoms with van der Waals surface area (Å²) in [4.78, 5) is 14.7. The van der Waals surface area contributed by atoms with Crippen LogP contribution in [0.3, 0.4) is 0 Å². The zero-order valence-electron chi connectivity index (χ0n) is 16.9. The Hall–Kier alpha value is -4.35. The zero-order valence-corrected chi connectivity index (χ0v) is 16.9. The quantitative estimate of drug-likeness (QED) is 0.411. The number of methoxy groups -OCH3 is 1. The van der Waals surface area contributed by atoms with Crippen LogP contribution in [0.1, 0.15) is 11.1 Å². The van der Waals surface area contributed by atoms with Gasteiger partial charge < -0.3 is 19.1 Å². The Labute approximate surface area is 184 Å². The minimum Gasteiger partial charge on any atom is -0.496 e.